The number of nitriles is 1. The minimum atomic E-state index is -1.44. The van der Waals surface area contributed by atoms with Gasteiger partial charge in [-0.25, -0.2) is 0 Å². The van der Waals surface area contributed by atoms with Crippen molar-refractivity contribution in [2.24, 2.45) is 11.3 Å². The van der Waals surface area contributed by atoms with Crippen molar-refractivity contribution in [1.29, 1.82) is 5.26 Å². The molecule has 0 aromatic rings. The van der Waals surface area contributed by atoms with Crippen LogP contribution in [0.25, 0.3) is 0 Å². The summed E-state index contributed by atoms with van der Waals surface area (Å²) in [6, 6.07) is 1.97. The van der Waals surface area contributed by atoms with Crippen LogP contribution in [0.4, 0.5) is 0 Å². The molecule has 0 atom stereocenters. The van der Waals surface area contributed by atoms with Crippen molar-refractivity contribution >= 4 is 11.9 Å². The number of amides is 1. The van der Waals surface area contributed by atoms with E-state index >= 15 is 0 Å². The molecule has 0 aromatic carbocycles. The smallest absolute Gasteiger partial charge is 0.318 e. The second-order valence-electron chi connectivity index (χ2n) is 4.98. The molecule has 0 spiro atoms. The zero-order valence-corrected chi connectivity index (χ0v) is 10.9. The first-order valence-electron chi connectivity index (χ1n) is 5.63. The molecule has 0 heterocycles. The van der Waals surface area contributed by atoms with Crippen LogP contribution in [0.2, 0.25) is 0 Å². The van der Waals surface area contributed by atoms with Gasteiger partial charge in [0, 0.05) is 13.1 Å². The van der Waals surface area contributed by atoms with E-state index in [1.165, 1.54) is 18.7 Å². The van der Waals surface area contributed by atoms with Crippen LogP contribution in [-0.2, 0) is 9.59 Å². The van der Waals surface area contributed by atoms with Crippen LogP contribution in [0, 0.1) is 22.7 Å². The maximum absolute atomic E-state index is 12.1. The highest BCUT2D eigenvalue weighted by Crippen LogP contribution is 2.20. The zero-order chi connectivity index (χ0) is 13.6. The van der Waals surface area contributed by atoms with Gasteiger partial charge >= 0.3 is 5.97 Å². The largest absolute Gasteiger partial charge is 0.480 e. The van der Waals surface area contributed by atoms with Gasteiger partial charge in [-0.1, -0.05) is 13.8 Å². The number of carboxylic acids is 1. The highest BCUT2D eigenvalue weighted by atomic mass is 16.4. The Morgan fingerprint density at radius 1 is 1.41 bits per heavy atom. The fourth-order valence-corrected chi connectivity index (χ4v) is 1.39. The van der Waals surface area contributed by atoms with E-state index in [4.69, 9.17) is 10.4 Å². The molecule has 0 aromatic heterocycles. The van der Waals surface area contributed by atoms with E-state index in [0.29, 0.717) is 6.54 Å². The Kier molecular flexibility index (Phi) is 5.66. The third-order valence-electron chi connectivity index (χ3n) is 2.44. The van der Waals surface area contributed by atoms with Gasteiger partial charge < -0.3 is 10.0 Å². The maximum atomic E-state index is 12.1. The number of rotatable bonds is 6. The Bertz CT molecular complexity index is 329. The van der Waals surface area contributed by atoms with Crippen LogP contribution in [0.5, 0.6) is 0 Å². The molecular weight excluding hydrogens is 220 g/mol. The van der Waals surface area contributed by atoms with Crippen LogP contribution in [0.15, 0.2) is 0 Å². The minimum Gasteiger partial charge on any atom is -0.480 e. The number of aliphatic carboxylic acids is 1. The van der Waals surface area contributed by atoms with Crippen LogP contribution in [0.1, 0.15) is 34.1 Å². The van der Waals surface area contributed by atoms with Gasteiger partial charge in [0.15, 0.2) is 0 Å². The predicted octanol–water partition coefficient (Wildman–Crippen LogP) is 1.50. The van der Waals surface area contributed by atoms with Crippen molar-refractivity contribution in [2.45, 2.75) is 34.1 Å². The number of hydrogen-bond donors (Lipinski definition) is 1. The number of carbonyl (C=O) groups is 2. The predicted molar refractivity (Wildman–Crippen MR) is 63.1 cm³/mol. The fourth-order valence-electron chi connectivity index (χ4n) is 1.39. The first-order chi connectivity index (χ1) is 7.73. The molecule has 17 heavy (non-hydrogen) atoms. The molecule has 0 rings (SSSR count). The number of hydrogen-bond acceptors (Lipinski definition) is 3. The van der Waals surface area contributed by atoms with E-state index in [9.17, 15) is 9.59 Å². The molecule has 0 radical (unpaired) electrons. The van der Waals surface area contributed by atoms with E-state index in [2.05, 4.69) is 0 Å². The Morgan fingerprint density at radius 3 is 2.29 bits per heavy atom. The van der Waals surface area contributed by atoms with Crippen molar-refractivity contribution in [3.63, 3.8) is 0 Å². The maximum Gasteiger partial charge on any atom is 0.318 e. The Balaban J connectivity index is 4.86. The van der Waals surface area contributed by atoms with Gasteiger partial charge in [-0.3, -0.25) is 9.59 Å². The standard InChI is InChI=1S/C12H20N2O3/c1-9(2)8-14(7-5-6-13)10(15)12(3,4)11(16)17/h9H,5,7-8H2,1-4H3,(H,16,17). The molecule has 1 amide bonds. The van der Waals surface area contributed by atoms with Crippen molar-refractivity contribution < 1.29 is 14.7 Å². The monoisotopic (exact) mass is 240 g/mol. The molecule has 0 fully saturated rings. The first-order valence-corrected chi connectivity index (χ1v) is 5.63. The Morgan fingerprint density at radius 2 is 1.94 bits per heavy atom. The quantitative estimate of drug-likeness (QED) is 0.713. The summed E-state index contributed by atoms with van der Waals surface area (Å²) in [5, 5.41) is 17.5. The topological polar surface area (TPSA) is 81.4 Å². The minimum absolute atomic E-state index is 0.216. The van der Waals surface area contributed by atoms with E-state index in [-0.39, 0.29) is 18.9 Å². The lowest BCUT2D eigenvalue weighted by atomic mass is 9.91. The van der Waals surface area contributed by atoms with Crippen LogP contribution < -0.4 is 0 Å². The van der Waals surface area contributed by atoms with Crippen LogP contribution in [0.3, 0.4) is 0 Å². The van der Waals surface area contributed by atoms with Gasteiger partial charge in [0.25, 0.3) is 0 Å². The molecular formula is C12H20N2O3. The van der Waals surface area contributed by atoms with E-state index in [0.717, 1.165) is 0 Å². The fraction of sp³-hybridized carbons (Fsp3) is 0.750. The lowest BCUT2D eigenvalue weighted by Gasteiger charge is -2.30. The lowest BCUT2D eigenvalue weighted by molar-refractivity contribution is -0.158. The first kappa shape index (κ1) is 15.4. The molecule has 0 saturated carbocycles. The normalized spacial score (nSPS) is 11.1. The van der Waals surface area contributed by atoms with Gasteiger partial charge in [0.05, 0.1) is 12.5 Å². The average Bonchev–Trinajstić information content (AvgIpc) is 2.22. The number of carbonyl (C=O) groups excluding carboxylic acids is 1. The molecule has 0 aliphatic rings. The molecule has 0 aliphatic carbocycles. The average molecular weight is 240 g/mol. The van der Waals surface area contributed by atoms with Gasteiger partial charge in [0.1, 0.15) is 5.41 Å². The molecule has 5 heteroatoms. The van der Waals surface area contributed by atoms with Gasteiger partial charge in [-0.15, -0.1) is 0 Å². The molecule has 0 saturated heterocycles. The number of nitrogens with zero attached hydrogens (tertiary/aromatic N) is 2. The van der Waals surface area contributed by atoms with Crippen LogP contribution >= 0.6 is 0 Å². The van der Waals surface area contributed by atoms with Crippen molar-refractivity contribution in [2.75, 3.05) is 13.1 Å². The summed E-state index contributed by atoms with van der Waals surface area (Å²) >= 11 is 0. The SMILES string of the molecule is CC(C)CN(CCC#N)C(=O)C(C)(C)C(=O)O. The van der Waals surface area contributed by atoms with Crippen LogP contribution in [-0.4, -0.2) is 35.0 Å². The summed E-state index contributed by atoms with van der Waals surface area (Å²) in [6.07, 6.45) is 0.216. The summed E-state index contributed by atoms with van der Waals surface area (Å²) in [5.41, 5.74) is -1.44. The molecule has 1 N–H and O–H groups in total. The highest BCUT2D eigenvalue weighted by molar-refractivity contribution is 6.00. The molecule has 0 unspecified atom stereocenters. The summed E-state index contributed by atoms with van der Waals surface area (Å²) in [4.78, 5) is 24.6. The Labute approximate surface area is 102 Å². The molecule has 96 valence electrons. The van der Waals surface area contributed by atoms with Gasteiger partial charge in [-0.2, -0.15) is 5.26 Å². The van der Waals surface area contributed by atoms with Crippen molar-refractivity contribution in [3.8, 4) is 6.07 Å². The van der Waals surface area contributed by atoms with E-state index in [1.807, 2.05) is 19.9 Å². The third-order valence-corrected chi connectivity index (χ3v) is 2.44. The van der Waals surface area contributed by atoms with Crippen molar-refractivity contribution in [1.82, 2.24) is 4.90 Å². The third kappa shape index (κ3) is 4.43. The number of carboxylic acid groups (broad SMARTS) is 1. The van der Waals surface area contributed by atoms with E-state index < -0.39 is 17.3 Å². The molecule has 0 aliphatic heterocycles. The van der Waals surface area contributed by atoms with E-state index in [1.54, 1.807) is 0 Å². The van der Waals surface area contributed by atoms with Gasteiger partial charge in [-0.05, 0) is 19.8 Å². The van der Waals surface area contributed by atoms with Gasteiger partial charge in [0.2, 0.25) is 5.91 Å². The summed E-state index contributed by atoms with van der Waals surface area (Å²) in [6.45, 7) is 7.41. The second kappa shape index (κ2) is 6.24. The molecule has 0 bridgehead atoms. The lowest BCUT2D eigenvalue weighted by Crippen LogP contribution is -2.46. The highest BCUT2D eigenvalue weighted by Gasteiger charge is 2.39. The zero-order valence-electron chi connectivity index (χ0n) is 10.9. The second-order valence-corrected chi connectivity index (χ2v) is 4.98. The molecule has 5 nitrogen and oxygen atoms in total. The van der Waals surface area contributed by atoms with Crippen molar-refractivity contribution in [3.05, 3.63) is 0 Å². The summed E-state index contributed by atoms with van der Waals surface area (Å²) in [5.74, 6) is -1.34. The summed E-state index contributed by atoms with van der Waals surface area (Å²) < 4.78 is 0. The summed E-state index contributed by atoms with van der Waals surface area (Å²) in [7, 11) is 0. The Hall–Kier alpha value is -1.57.